The lowest BCUT2D eigenvalue weighted by molar-refractivity contribution is 0.468. The molecular weight excluding hydrogens is 178 g/mol. The first kappa shape index (κ1) is 9.83. The lowest BCUT2D eigenvalue weighted by atomic mass is 9.82. The maximum Gasteiger partial charge on any atom is 0.482 e. The molecule has 0 atom stereocenters. The molecule has 70 valence electrons. The van der Waals surface area contributed by atoms with Crippen LogP contribution in [0.5, 0.6) is 0 Å². The smallest absolute Gasteiger partial charge is 0.449 e. The number of aromatic nitrogens is 1. The molecule has 0 spiro atoms. The number of pyridine rings is 1. The van der Waals surface area contributed by atoms with Crippen LogP contribution in [0.25, 0.3) is 6.08 Å². The highest BCUT2D eigenvalue weighted by Crippen LogP contribution is 2.16. The number of rotatable bonds is 3. The minimum absolute atomic E-state index is 0.234. The van der Waals surface area contributed by atoms with E-state index in [9.17, 15) is 12.9 Å². The van der Waals surface area contributed by atoms with Gasteiger partial charge in [-0.05, 0) is 18.2 Å². The van der Waals surface area contributed by atoms with Gasteiger partial charge in [-0.1, -0.05) is 18.5 Å². The Labute approximate surface area is 74.4 Å². The van der Waals surface area contributed by atoms with Gasteiger partial charge in [-0.3, -0.25) is 4.98 Å². The topological polar surface area (TPSA) is 12.9 Å². The van der Waals surface area contributed by atoms with E-state index in [1.54, 1.807) is 0 Å². The minimum atomic E-state index is -4.76. The fraction of sp³-hybridized carbons (Fsp3) is 0.125. The summed E-state index contributed by atoms with van der Waals surface area (Å²) < 4.78 is 36.0. The van der Waals surface area contributed by atoms with Crippen LogP contribution in [0.15, 0.2) is 24.9 Å². The van der Waals surface area contributed by atoms with Gasteiger partial charge in [0.25, 0.3) is 0 Å². The molecule has 0 fully saturated rings. The van der Waals surface area contributed by atoms with Crippen LogP contribution in [-0.2, 0) is 6.32 Å². The predicted molar refractivity (Wildman–Crippen MR) is 47.1 cm³/mol. The van der Waals surface area contributed by atoms with E-state index in [1.807, 2.05) is 0 Å². The van der Waals surface area contributed by atoms with Gasteiger partial charge >= 0.3 is 6.98 Å². The van der Waals surface area contributed by atoms with Crippen LogP contribution < -0.4 is 0 Å². The molecule has 1 aromatic rings. The van der Waals surface area contributed by atoms with Gasteiger partial charge in [0, 0.05) is 6.20 Å². The Kier molecular flexibility index (Phi) is 2.75. The Morgan fingerprint density at radius 2 is 2.15 bits per heavy atom. The molecule has 0 amide bonds. The lowest BCUT2D eigenvalue weighted by Gasteiger charge is -2.13. The molecule has 0 aliphatic carbocycles. The van der Waals surface area contributed by atoms with Crippen molar-refractivity contribution in [3.8, 4) is 0 Å². The molecule has 5 heteroatoms. The van der Waals surface area contributed by atoms with Gasteiger partial charge in [0.05, 0.1) is 5.69 Å². The first-order valence-corrected chi connectivity index (χ1v) is 3.79. The van der Waals surface area contributed by atoms with Crippen molar-refractivity contribution < 1.29 is 12.9 Å². The zero-order valence-electron chi connectivity index (χ0n) is 6.88. The molecule has 1 heterocycles. The van der Waals surface area contributed by atoms with Gasteiger partial charge in [0.2, 0.25) is 0 Å². The quantitative estimate of drug-likeness (QED) is 0.661. The summed E-state index contributed by atoms with van der Waals surface area (Å²) in [5.41, 5.74) is 0.704. The minimum Gasteiger partial charge on any atom is -0.449 e. The molecule has 13 heavy (non-hydrogen) atoms. The van der Waals surface area contributed by atoms with E-state index in [-0.39, 0.29) is 5.56 Å². The maximum absolute atomic E-state index is 12.0. The second kappa shape index (κ2) is 3.64. The molecule has 1 nitrogen and oxygen atoms in total. The number of hydrogen-bond donors (Lipinski definition) is 0. The maximum atomic E-state index is 12.0. The molecule has 0 aliphatic rings. The fourth-order valence-corrected chi connectivity index (χ4v) is 1.00. The van der Waals surface area contributed by atoms with Crippen LogP contribution in [0.2, 0.25) is 0 Å². The summed E-state index contributed by atoms with van der Waals surface area (Å²) in [7, 11) is 0. The molecule has 0 bridgehead atoms. The Morgan fingerprint density at radius 1 is 1.46 bits per heavy atom. The third kappa shape index (κ3) is 3.31. The van der Waals surface area contributed by atoms with Gasteiger partial charge in [-0.2, -0.15) is 0 Å². The third-order valence-corrected chi connectivity index (χ3v) is 1.52. The first-order valence-electron chi connectivity index (χ1n) is 3.79. The average Bonchev–Trinajstić information content (AvgIpc) is 2.01. The molecule has 0 N–H and O–H groups in total. The van der Waals surface area contributed by atoms with Gasteiger partial charge in [-0.25, -0.2) is 0 Å². The van der Waals surface area contributed by atoms with Crippen molar-refractivity contribution in [3.05, 3.63) is 36.2 Å². The summed E-state index contributed by atoms with van der Waals surface area (Å²) >= 11 is 0. The Hall–Kier alpha value is -1.26. The van der Waals surface area contributed by atoms with Gasteiger partial charge in [0.15, 0.2) is 0 Å². The summed E-state index contributed by atoms with van der Waals surface area (Å²) in [6, 6.07) is 2.75. The van der Waals surface area contributed by atoms with Crippen LogP contribution in [-0.4, -0.2) is 12.0 Å². The largest absolute Gasteiger partial charge is 0.482 e. The van der Waals surface area contributed by atoms with Gasteiger partial charge in [-0.15, -0.1) is 0 Å². The van der Waals surface area contributed by atoms with Crippen LogP contribution in [0.1, 0.15) is 11.3 Å². The molecule has 1 aromatic heterocycles. The van der Waals surface area contributed by atoms with Crippen LogP contribution in [0.4, 0.5) is 12.9 Å². The zero-order chi connectivity index (χ0) is 9.90. The van der Waals surface area contributed by atoms with E-state index in [1.165, 1.54) is 24.4 Å². The van der Waals surface area contributed by atoms with Crippen LogP contribution >= 0.6 is 0 Å². The molecule has 0 aliphatic heterocycles. The summed E-state index contributed by atoms with van der Waals surface area (Å²) in [4.78, 5) is 3.81. The van der Waals surface area contributed by atoms with E-state index in [0.717, 1.165) is 0 Å². The molecule has 0 saturated heterocycles. The van der Waals surface area contributed by atoms with Crippen LogP contribution in [0.3, 0.4) is 0 Å². The van der Waals surface area contributed by atoms with E-state index in [4.69, 9.17) is 0 Å². The second-order valence-corrected chi connectivity index (χ2v) is 2.71. The third-order valence-electron chi connectivity index (χ3n) is 1.52. The van der Waals surface area contributed by atoms with E-state index >= 15 is 0 Å². The highest BCUT2D eigenvalue weighted by Gasteiger charge is 2.22. The molecular formula is C8H8BF3N-. The van der Waals surface area contributed by atoms with E-state index in [0.29, 0.717) is 5.69 Å². The Bertz CT molecular complexity index is 309. The van der Waals surface area contributed by atoms with Crippen molar-refractivity contribution in [3.63, 3.8) is 0 Å². The molecule has 1 rings (SSSR count). The lowest BCUT2D eigenvalue weighted by Crippen LogP contribution is -2.19. The normalized spacial score (nSPS) is 11.3. The fourth-order valence-electron chi connectivity index (χ4n) is 1.00. The van der Waals surface area contributed by atoms with Crippen LogP contribution in [0, 0.1) is 0 Å². The van der Waals surface area contributed by atoms with Crippen molar-refractivity contribution in [1.29, 1.82) is 0 Å². The molecule has 0 aromatic carbocycles. The van der Waals surface area contributed by atoms with Crippen molar-refractivity contribution in [1.82, 2.24) is 4.98 Å². The number of halogens is 3. The Morgan fingerprint density at radius 3 is 2.69 bits per heavy atom. The predicted octanol–water partition coefficient (Wildman–Crippen LogP) is 2.65. The molecule has 0 radical (unpaired) electrons. The standard InChI is InChI=1S/C8H8BF3N/c1-2-8-5-7(3-4-13-8)6-9(10,11)12/h2-5H,1,6H2/q-1. The SMILES string of the molecule is C=Cc1cc(C[B-](F)(F)F)ccn1. The highest BCUT2D eigenvalue weighted by molar-refractivity contribution is 6.57. The summed E-state index contributed by atoms with van der Waals surface area (Å²) in [5.74, 6) is 0. The summed E-state index contributed by atoms with van der Waals surface area (Å²) in [6.45, 7) is -1.34. The van der Waals surface area contributed by atoms with E-state index in [2.05, 4.69) is 11.6 Å². The molecule has 0 saturated carbocycles. The summed E-state index contributed by atoms with van der Waals surface area (Å²) in [6.07, 6.45) is 1.92. The van der Waals surface area contributed by atoms with Gasteiger partial charge < -0.3 is 12.9 Å². The second-order valence-electron chi connectivity index (χ2n) is 2.71. The van der Waals surface area contributed by atoms with Crippen molar-refractivity contribution >= 4 is 13.1 Å². The zero-order valence-corrected chi connectivity index (χ0v) is 6.88. The van der Waals surface area contributed by atoms with Crippen molar-refractivity contribution in [2.45, 2.75) is 6.32 Å². The number of nitrogens with zero attached hydrogens (tertiary/aromatic N) is 1. The average molecular weight is 186 g/mol. The first-order chi connectivity index (χ1) is 6.01. The number of hydrogen-bond acceptors (Lipinski definition) is 1. The van der Waals surface area contributed by atoms with Crippen molar-refractivity contribution in [2.75, 3.05) is 0 Å². The van der Waals surface area contributed by atoms with Gasteiger partial charge in [0.1, 0.15) is 0 Å². The Balaban J connectivity index is 2.84. The molecule has 0 unspecified atom stereocenters. The highest BCUT2D eigenvalue weighted by atomic mass is 19.4. The monoisotopic (exact) mass is 186 g/mol. The van der Waals surface area contributed by atoms with Crippen molar-refractivity contribution in [2.24, 2.45) is 0 Å². The van der Waals surface area contributed by atoms with E-state index < -0.39 is 13.3 Å². The summed E-state index contributed by atoms with van der Waals surface area (Å²) in [5, 5.41) is 0.